The second-order valence-electron chi connectivity index (χ2n) is 4.19. The maximum absolute atomic E-state index is 7.27. The quantitative estimate of drug-likeness (QED) is 0.651. The number of hydrogen-bond donors (Lipinski definition) is 2. The minimum atomic E-state index is -0.258. The fraction of sp³-hybridized carbons (Fsp3) is 0.364. The summed E-state index contributed by atoms with van der Waals surface area (Å²) in [6.45, 7) is 5.88. The van der Waals surface area contributed by atoms with E-state index in [1.165, 1.54) is 6.21 Å². The smallest absolute Gasteiger partial charge is 0.0876 e. The molecule has 15 heavy (non-hydrogen) atoms. The van der Waals surface area contributed by atoms with E-state index in [4.69, 9.17) is 10.2 Å². The first-order valence-electron chi connectivity index (χ1n) is 4.66. The molecule has 0 aliphatic heterocycles. The molecule has 2 N–H and O–H groups in total. The molecule has 0 aliphatic rings. The first-order chi connectivity index (χ1) is 6.92. The fourth-order valence-electron chi connectivity index (χ4n) is 0.954. The molecule has 0 saturated carbocycles. The lowest BCUT2D eigenvalue weighted by Gasteiger charge is -2.20. The van der Waals surface area contributed by atoms with Gasteiger partial charge in [-0.3, -0.25) is 10.3 Å². The van der Waals surface area contributed by atoms with Crippen molar-refractivity contribution in [3.63, 3.8) is 0 Å². The Kier molecular flexibility index (Phi) is 3.88. The van der Waals surface area contributed by atoms with Crippen molar-refractivity contribution in [3.8, 4) is 0 Å². The zero-order valence-electron chi connectivity index (χ0n) is 9.10. The Hall–Kier alpha value is -0.870. The van der Waals surface area contributed by atoms with Gasteiger partial charge in [-0.15, -0.1) is 0 Å². The molecule has 0 spiro atoms. The molecule has 3 nitrogen and oxygen atoms in total. The average molecular weight is 271 g/mol. The normalized spacial score (nSPS) is 11.2. The zero-order valence-corrected chi connectivity index (χ0v) is 10.7. The third-order valence-corrected chi connectivity index (χ3v) is 2.13. The third-order valence-electron chi connectivity index (χ3n) is 1.64. The summed E-state index contributed by atoms with van der Waals surface area (Å²) in [6.07, 6.45) is 1.29. The van der Waals surface area contributed by atoms with Crippen LogP contribution in [-0.4, -0.2) is 11.8 Å². The summed E-state index contributed by atoms with van der Waals surface area (Å²) < 4.78 is 0.947. The highest BCUT2D eigenvalue weighted by atomic mass is 79.9. The minimum absolute atomic E-state index is 0.258. The van der Waals surface area contributed by atoms with Gasteiger partial charge in [0.05, 0.1) is 11.3 Å². The van der Waals surface area contributed by atoms with Gasteiger partial charge in [-0.05, 0) is 39.0 Å². The van der Waals surface area contributed by atoms with Crippen molar-refractivity contribution in [2.45, 2.75) is 26.4 Å². The van der Waals surface area contributed by atoms with Crippen molar-refractivity contribution in [1.82, 2.24) is 0 Å². The van der Waals surface area contributed by atoms with Crippen LogP contribution in [0.15, 0.2) is 22.7 Å². The van der Waals surface area contributed by atoms with Crippen LogP contribution in [0.3, 0.4) is 0 Å². The molecular weight excluding hydrogens is 256 g/mol. The molecule has 0 amide bonds. The molecule has 0 unspecified atom stereocenters. The van der Waals surface area contributed by atoms with Crippen LogP contribution in [0.25, 0.3) is 0 Å². The van der Waals surface area contributed by atoms with Gasteiger partial charge in [0, 0.05) is 16.3 Å². The van der Waals surface area contributed by atoms with Gasteiger partial charge in [0.1, 0.15) is 0 Å². The number of nitrogens with one attached hydrogen (secondary N) is 2. The summed E-state index contributed by atoms with van der Waals surface area (Å²) in [5.41, 5.74) is 4.18. The van der Waals surface area contributed by atoms with Crippen LogP contribution >= 0.6 is 15.9 Å². The molecular formula is C11H15BrN2O. The molecule has 1 aromatic rings. The van der Waals surface area contributed by atoms with E-state index in [2.05, 4.69) is 21.4 Å². The molecule has 4 heteroatoms. The van der Waals surface area contributed by atoms with Crippen LogP contribution in [0.4, 0.5) is 5.69 Å². The van der Waals surface area contributed by atoms with Gasteiger partial charge < -0.3 is 5.41 Å². The zero-order chi connectivity index (χ0) is 11.5. The molecule has 1 rings (SSSR count). The van der Waals surface area contributed by atoms with Gasteiger partial charge >= 0.3 is 0 Å². The number of benzene rings is 1. The van der Waals surface area contributed by atoms with Crippen molar-refractivity contribution in [2.24, 2.45) is 0 Å². The lowest BCUT2D eigenvalue weighted by molar-refractivity contribution is 0.0375. The average Bonchev–Trinajstić information content (AvgIpc) is 2.14. The standard InChI is InChI=1S/C11H15BrN2O/c1-11(2,3)15-14-10-5-4-9(12)6-8(10)7-13/h4-7,13-14H,1-3H3. The van der Waals surface area contributed by atoms with E-state index in [0.29, 0.717) is 0 Å². The van der Waals surface area contributed by atoms with Crippen LogP contribution in [0.2, 0.25) is 0 Å². The Morgan fingerprint density at radius 2 is 2.07 bits per heavy atom. The highest BCUT2D eigenvalue weighted by Crippen LogP contribution is 2.20. The number of halogens is 1. The van der Waals surface area contributed by atoms with Crippen molar-refractivity contribution in [2.75, 3.05) is 5.48 Å². The molecule has 0 aliphatic carbocycles. The predicted molar refractivity (Wildman–Crippen MR) is 66.5 cm³/mol. The summed E-state index contributed by atoms with van der Waals surface area (Å²) in [6, 6.07) is 5.64. The van der Waals surface area contributed by atoms with E-state index in [0.717, 1.165) is 15.7 Å². The highest BCUT2D eigenvalue weighted by Gasteiger charge is 2.11. The Morgan fingerprint density at radius 1 is 1.40 bits per heavy atom. The van der Waals surface area contributed by atoms with Gasteiger partial charge in [-0.2, -0.15) is 0 Å². The van der Waals surface area contributed by atoms with Crippen molar-refractivity contribution in [3.05, 3.63) is 28.2 Å². The molecule has 0 atom stereocenters. The fourth-order valence-corrected chi connectivity index (χ4v) is 1.33. The summed E-state index contributed by atoms with van der Waals surface area (Å²) >= 11 is 3.36. The lowest BCUT2D eigenvalue weighted by atomic mass is 10.2. The Labute approximate surface area is 98.4 Å². The van der Waals surface area contributed by atoms with E-state index >= 15 is 0 Å². The molecule has 0 bridgehead atoms. The topological polar surface area (TPSA) is 45.1 Å². The van der Waals surface area contributed by atoms with Crippen molar-refractivity contribution < 1.29 is 4.84 Å². The summed E-state index contributed by atoms with van der Waals surface area (Å²) in [5, 5.41) is 7.27. The van der Waals surface area contributed by atoms with Crippen LogP contribution in [0, 0.1) is 5.41 Å². The van der Waals surface area contributed by atoms with Gasteiger partial charge in [0.25, 0.3) is 0 Å². The summed E-state index contributed by atoms with van der Waals surface area (Å²) in [5.74, 6) is 0. The first-order valence-corrected chi connectivity index (χ1v) is 5.46. The Bertz CT molecular complexity index is 358. The molecule has 0 heterocycles. The van der Waals surface area contributed by atoms with E-state index in [9.17, 15) is 0 Å². The second kappa shape index (κ2) is 4.77. The van der Waals surface area contributed by atoms with Gasteiger partial charge in [-0.25, -0.2) is 0 Å². The maximum Gasteiger partial charge on any atom is 0.0876 e. The van der Waals surface area contributed by atoms with E-state index in [-0.39, 0.29) is 5.60 Å². The van der Waals surface area contributed by atoms with Crippen LogP contribution in [0.1, 0.15) is 26.3 Å². The summed E-state index contributed by atoms with van der Waals surface area (Å²) in [7, 11) is 0. The number of anilines is 1. The molecule has 0 fully saturated rings. The van der Waals surface area contributed by atoms with Crippen LogP contribution in [0.5, 0.6) is 0 Å². The Morgan fingerprint density at radius 3 is 2.60 bits per heavy atom. The van der Waals surface area contributed by atoms with E-state index in [1.54, 1.807) is 0 Å². The van der Waals surface area contributed by atoms with E-state index < -0.39 is 0 Å². The highest BCUT2D eigenvalue weighted by molar-refractivity contribution is 9.10. The van der Waals surface area contributed by atoms with Crippen molar-refractivity contribution >= 4 is 27.8 Å². The monoisotopic (exact) mass is 270 g/mol. The maximum atomic E-state index is 7.27. The summed E-state index contributed by atoms with van der Waals surface area (Å²) in [4.78, 5) is 5.43. The SMILES string of the molecule is CC(C)(C)ONc1ccc(Br)cc1C=N. The minimum Gasteiger partial charge on any atom is -0.308 e. The Balaban J connectivity index is 2.81. The van der Waals surface area contributed by atoms with Crippen LogP contribution in [-0.2, 0) is 4.84 Å². The second-order valence-corrected chi connectivity index (χ2v) is 5.11. The lowest BCUT2D eigenvalue weighted by Crippen LogP contribution is -2.23. The third kappa shape index (κ3) is 4.01. The number of rotatable bonds is 3. The molecule has 0 saturated heterocycles. The molecule has 0 aromatic heterocycles. The predicted octanol–water partition coefficient (Wildman–Crippen LogP) is 3.59. The molecule has 1 aromatic carbocycles. The molecule has 82 valence electrons. The van der Waals surface area contributed by atoms with E-state index in [1.807, 2.05) is 39.0 Å². The largest absolute Gasteiger partial charge is 0.308 e. The van der Waals surface area contributed by atoms with Crippen molar-refractivity contribution in [1.29, 1.82) is 5.41 Å². The first kappa shape index (κ1) is 12.2. The molecule has 0 radical (unpaired) electrons. The van der Waals surface area contributed by atoms with Gasteiger partial charge in [0.15, 0.2) is 0 Å². The van der Waals surface area contributed by atoms with Gasteiger partial charge in [0.2, 0.25) is 0 Å². The van der Waals surface area contributed by atoms with Crippen LogP contribution < -0.4 is 5.48 Å². The van der Waals surface area contributed by atoms with Gasteiger partial charge in [-0.1, -0.05) is 15.9 Å². The number of hydrogen-bond acceptors (Lipinski definition) is 3.